The number of piperidine rings is 1. The van der Waals surface area contributed by atoms with Crippen molar-refractivity contribution in [3.8, 4) is 0 Å². The van der Waals surface area contributed by atoms with E-state index < -0.39 is 0 Å². The highest BCUT2D eigenvalue weighted by Crippen LogP contribution is 2.15. The summed E-state index contributed by atoms with van der Waals surface area (Å²) in [7, 11) is 0. The average molecular weight is 169 g/mol. The number of hydrogen-bond donors (Lipinski definition) is 1. The minimum Gasteiger partial charge on any atom is -0.338 e. The summed E-state index contributed by atoms with van der Waals surface area (Å²) in [6, 6.07) is 0.0388. The topological polar surface area (TPSA) is 32.3 Å². The van der Waals surface area contributed by atoms with Gasteiger partial charge in [-0.2, -0.15) is 0 Å². The zero-order valence-corrected chi connectivity index (χ0v) is 7.68. The lowest BCUT2D eigenvalue weighted by Crippen LogP contribution is -2.44. The van der Waals surface area contributed by atoms with E-state index in [0.717, 1.165) is 31.8 Å². The van der Waals surface area contributed by atoms with Crippen molar-refractivity contribution in [2.75, 3.05) is 19.6 Å². The summed E-state index contributed by atoms with van der Waals surface area (Å²) >= 11 is 0. The van der Waals surface area contributed by atoms with Crippen LogP contribution in [0, 0.1) is 12.8 Å². The highest BCUT2D eigenvalue weighted by molar-refractivity contribution is 5.74. The third kappa shape index (κ3) is 2.40. The second kappa shape index (κ2) is 4.33. The normalized spacial score (nSPS) is 19.3. The van der Waals surface area contributed by atoms with Crippen LogP contribution < -0.4 is 5.32 Å². The number of hydrogen-bond acceptors (Lipinski definition) is 1. The fourth-order valence-electron chi connectivity index (χ4n) is 1.43. The van der Waals surface area contributed by atoms with Crippen LogP contribution in [0.1, 0.15) is 19.8 Å². The molecule has 1 heterocycles. The number of nitrogens with zero attached hydrogens (tertiary/aromatic N) is 1. The van der Waals surface area contributed by atoms with Gasteiger partial charge in [-0.05, 0) is 25.7 Å². The number of carbonyl (C=O) groups excluding carboxylic acids is 1. The molecule has 1 saturated heterocycles. The maximum Gasteiger partial charge on any atom is 0.317 e. The van der Waals surface area contributed by atoms with Gasteiger partial charge in [0.2, 0.25) is 0 Å². The van der Waals surface area contributed by atoms with Crippen LogP contribution in [0.4, 0.5) is 4.79 Å². The Balaban J connectivity index is 2.29. The molecule has 1 aliphatic rings. The second-order valence-corrected chi connectivity index (χ2v) is 3.40. The van der Waals surface area contributed by atoms with Gasteiger partial charge in [0.25, 0.3) is 0 Å². The van der Waals surface area contributed by atoms with E-state index in [1.54, 1.807) is 0 Å². The zero-order valence-electron chi connectivity index (χ0n) is 7.68. The average Bonchev–Trinajstić information content (AvgIpc) is 2.06. The number of likely N-dealkylation sites (tertiary alicyclic amines) is 1. The minimum absolute atomic E-state index is 0.0388. The summed E-state index contributed by atoms with van der Waals surface area (Å²) in [5.41, 5.74) is 0. The minimum atomic E-state index is 0.0388. The summed E-state index contributed by atoms with van der Waals surface area (Å²) in [6.07, 6.45) is 2.26. The number of amides is 2. The van der Waals surface area contributed by atoms with Crippen LogP contribution in [0.5, 0.6) is 0 Å². The predicted octanol–water partition coefficient (Wildman–Crippen LogP) is 1.26. The lowest BCUT2D eigenvalue weighted by atomic mass is 10.00. The van der Waals surface area contributed by atoms with Crippen molar-refractivity contribution in [1.82, 2.24) is 10.2 Å². The Labute approximate surface area is 74.1 Å². The Morgan fingerprint density at radius 1 is 1.58 bits per heavy atom. The number of rotatable bonds is 1. The van der Waals surface area contributed by atoms with Gasteiger partial charge in [0.15, 0.2) is 0 Å². The van der Waals surface area contributed by atoms with Crippen molar-refractivity contribution in [2.45, 2.75) is 19.8 Å². The van der Waals surface area contributed by atoms with Gasteiger partial charge in [0.05, 0.1) is 0 Å². The van der Waals surface area contributed by atoms with Crippen LogP contribution >= 0.6 is 0 Å². The van der Waals surface area contributed by atoms with Crippen molar-refractivity contribution >= 4 is 6.03 Å². The van der Waals surface area contributed by atoms with Crippen LogP contribution in [0.15, 0.2) is 0 Å². The fraction of sp³-hybridized carbons (Fsp3) is 0.778. The molecule has 3 heteroatoms. The zero-order chi connectivity index (χ0) is 8.97. The maximum atomic E-state index is 11.3. The van der Waals surface area contributed by atoms with Crippen LogP contribution in [0.3, 0.4) is 0 Å². The molecule has 69 valence electrons. The van der Waals surface area contributed by atoms with E-state index in [1.165, 1.54) is 0 Å². The van der Waals surface area contributed by atoms with E-state index in [1.807, 2.05) is 4.90 Å². The first-order chi connectivity index (χ1) is 5.74. The van der Waals surface area contributed by atoms with E-state index >= 15 is 0 Å². The van der Waals surface area contributed by atoms with Gasteiger partial charge < -0.3 is 10.2 Å². The summed E-state index contributed by atoms with van der Waals surface area (Å²) in [5.74, 6) is 0.772. The van der Waals surface area contributed by atoms with Gasteiger partial charge in [-0.15, -0.1) is 0 Å². The Morgan fingerprint density at radius 3 is 2.67 bits per heavy atom. The molecule has 0 bridgehead atoms. The molecule has 0 aromatic heterocycles. The first-order valence-corrected chi connectivity index (χ1v) is 4.56. The van der Waals surface area contributed by atoms with Crippen LogP contribution in [-0.4, -0.2) is 30.6 Å². The summed E-state index contributed by atoms with van der Waals surface area (Å²) in [6.45, 7) is 8.08. The van der Waals surface area contributed by atoms with Crippen molar-refractivity contribution in [3.05, 3.63) is 6.92 Å². The van der Waals surface area contributed by atoms with Crippen molar-refractivity contribution < 1.29 is 4.79 Å². The SMILES string of the molecule is [CH2]CNC(=O)N1CCC(C)CC1. The molecule has 2 amide bonds. The van der Waals surface area contributed by atoms with Gasteiger partial charge in [-0.25, -0.2) is 4.79 Å². The third-order valence-electron chi connectivity index (χ3n) is 2.35. The van der Waals surface area contributed by atoms with Crippen LogP contribution in [-0.2, 0) is 0 Å². The number of carbonyl (C=O) groups is 1. The Kier molecular flexibility index (Phi) is 3.38. The summed E-state index contributed by atoms with van der Waals surface area (Å²) in [5, 5.41) is 2.71. The van der Waals surface area contributed by atoms with E-state index in [0.29, 0.717) is 6.54 Å². The molecule has 0 aliphatic carbocycles. The largest absolute Gasteiger partial charge is 0.338 e. The fourth-order valence-corrected chi connectivity index (χ4v) is 1.43. The molecule has 0 spiro atoms. The Bertz CT molecular complexity index is 151. The first-order valence-electron chi connectivity index (χ1n) is 4.56. The molecule has 1 N–H and O–H groups in total. The molecule has 0 saturated carbocycles. The lowest BCUT2D eigenvalue weighted by Gasteiger charge is -2.30. The van der Waals surface area contributed by atoms with Gasteiger partial charge in [-0.3, -0.25) is 0 Å². The lowest BCUT2D eigenvalue weighted by molar-refractivity contribution is 0.175. The molecule has 1 fully saturated rings. The van der Waals surface area contributed by atoms with Gasteiger partial charge in [-0.1, -0.05) is 6.92 Å². The molecule has 3 nitrogen and oxygen atoms in total. The molecular formula is C9H17N2O. The molecule has 1 aliphatic heterocycles. The standard InChI is InChI=1S/C9H17N2O/c1-3-10-9(12)11-6-4-8(2)5-7-11/h8H,1,3-7H2,2H3,(H,10,12). The van der Waals surface area contributed by atoms with Crippen molar-refractivity contribution in [3.63, 3.8) is 0 Å². The molecule has 0 aromatic rings. The van der Waals surface area contributed by atoms with E-state index in [-0.39, 0.29) is 6.03 Å². The van der Waals surface area contributed by atoms with E-state index in [9.17, 15) is 4.79 Å². The number of urea groups is 1. The predicted molar refractivity (Wildman–Crippen MR) is 48.7 cm³/mol. The third-order valence-corrected chi connectivity index (χ3v) is 2.35. The number of nitrogens with one attached hydrogen (secondary N) is 1. The quantitative estimate of drug-likeness (QED) is 0.629. The van der Waals surface area contributed by atoms with Gasteiger partial charge >= 0.3 is 6.03 Å². The van der Waals surface area contributed by atoms with Crippen LogP contribution in [0.25, 0.3) is 0 Å². The molecule has 1 rings (SSSR count). The Morgan fingerprint density at radius 2 is 2.17 bits per heavy atom. The smallest absolute Gasteiger partial charge is 0.317 e. The first kappa shape index (κ1) is 9.36. The second-order valence-electron chi connectivity index (χ2n) is 3.40. The van der Waals surface area contributed by atoms with E-state index in [4.69, 9.17) is 0 Å². The Hall–Kier alpha value is -0.730. The molecular weight excluding hydrogens is 152 g/mol. The summed E-state index contributed by atoms with van der Waals surface area (Å²) < 4.78 is 0. The maximum absolute atomic E-state index is 11.3. The van der Waals surface area contributed by atoms with Gasteiger partial charge in [0.1, 0.15) is 0 Å². The molecule has 12 heavy (non-hydrogen) atoms. The highest BCUT2D eigenvalue weighted by atomic mass is 16.2. The van der Waals surface area contributed by atoms with Crippen molar-refractivity contribution in [2.24, 2.45) is 5.92 Å². The molecule has 0 unspecified atom stereocenters. The monoisotopic (exact) mass is 169 g/mol. The van der Waals surface area contributed by atoms with Gasteiger partial charge in [0, 0.05) is 19.6 Å². The highest BCUT2D eigenvalue weighted by Gasteiger charge is 2.18. The van der Waals surface area contributed by atoms with E-state index in [2.05, 4.69) is 19.2 Å². The molecule has 1 radical (unpaired) electrons. The summed E-state index contributed by atoms with van der Waals surface area (Å²) in [4.78, 5) is 13.1. The van der Waals surface area contributed by atoms with Crippen molar-refractivity contribution in [1.29, 1.82) is 0 Å². The van der Waals surface area contributed by atoms with Crippen LogP contribution in [0.2, 0.25) is 0 Å². The molecule has 0 atom stereocenters. The molecule has 0 aromatic carbocycles.